The maximum atomic E-state index is 12.3. The van der Waals surface area contributed by atoms with E-state index in [2.05, 4.69) is 13.8 Å². The van der Waals surface area contributed by atoms with E-state index in [1.54, 1.807) is 55.6 Å². The van der Waals surface area contributed by atoms with E-state index < -0.39 is 0 Å². The molecule has 0 aliphatic heterocycles. The SMILES string of the molecule is COCC(C)(C)COc1ccc(C(=O)CC(=O)c2ccccc2)cc1. The van der Waals surface area contributed by atoms with Gasteiger partial charge in [0.1, 0.15) is 5.75 Å². The Hall–Kier alpha value is -2.46. The molecule has 0 saturated carbocycles. The zero-order valence-electron chi connectivity index (χ0n) is 15.0. The Labute approximate surface area is 148 Å². The Morgan fingerprint density at radius 1 is 0.840 bits per heavy atom. The van der Waals surface area contributed by atoms with Crippen LogP contribution in [0.1, 0.15) is 41.0 Å². The highest BCUT2D eigenvalue weighted by atomic mass is 16.5. The maximum Gasteiger partial charge on any atom is 0.170 e. The molecule has 0 radical (unpaired) electrons. The number of hydrogen-bond acceptors (Lipinski definition) is 4. The van der Waals surface area contributed by atoms with Crippen molar-refractivity contribution in [1.82, 2.24) is 0 Å². The molecular weight excluding hydrogens is 316 g/mol. The summed E-state index contributed by atoms with van der Waals surface area (Å²) in [6.07, 6.45) is -0.134. The van der Waals surface area contributed by atoms with Crippen LogP contribution in [0.25, 0.3) is 0 Å². The molecule has 0 atom stereocenters. The van der Waals surface area contributed by atoms with E-state index in [1.165, 1.54) is 0 Å². The van der Waals surface area contributed by atoms with Crippen molar-refractivity contribution in [2.45, 2.75) is 20.3 Å². The lowest BCUT2D eigenvalue weighted by Gasteiger charge is -2.23. The van der Waals surface area contributed by atoms with Gasteiger partial charge >= 0.3 is 0 Å². The first-order chi connectivity index (χ1) is 11.9. The molecule has 0 amide bonds. The summed E-state index contributed by atoms with van der Waals surface area (Å²) in [5, 5.41) is 0. The number of ether oxygens (including phenoxy) is 2. The smallest absolute Gasteiger partial charge is 0.170 e. The molecule has 0 bridgehead atoms. The highest BCUT2D eigenvalue weighted by Crippen LogP contribution is 2.20. The molecule has 0 spiro atoms. The van der Waals surface area contributed by atoms with Gasteiger partial charge in [-0.2, -0.15) is 0 Å². The lowest BCUT2D eigenvalue weighted by Crippen LogP contribution is -2.26. The summed E-state index contributed by atoms with van der Waals surface area (Å²) in [6, 6.07) is 15.7. The first kappa shape index (κ1) is 18.9. The van der Waals surface area contributed by atoms with Gasteiger partial charge in [0.25, 0.3) is 0 Å². The van der Waals surface area contributed by atoms with E-state index in [9.17, 15) is 9.59 Å². The van der Waals surface area contributed by atoms with E-state index in [-0.39, 0.29) is 23.4 Å². The fraction of sp³-hybridized carbons (Fsp3) is 0.333. The minimum Gasteiger partial charge on any atom is -0.493 e. The lowest BCUT2D eigenvalue weighted by atomic mass is 9.96. The van der Waals surface area contributed by atoms with E-state index in [0.29, 0.717) is 30.1 Å². The topological polar surface area (TPSA) is 52.6 Å². The van der Waals surface area contributed by atoms with Gasteiger partial charge in [0.15, 0.2) is 11.6 Å². The summed E-state index contributed by atoms with van der Waals surface area (Å²) in [7, 11) is 1.67. The van der Waals surface area contributed by atoms with Crippen LogP contribution in [-0.2, 0) is 4.74 Å². The molecule has 0 unspecified atom stereocenters. The first-order valence-corrected chi connectivity index (χ1v) is 8.24. The fourth-order valence-corrected chi connectivity index (χ4v) is 2.42. The third kappa shape index (κ3) is 5.84. The second kappa shape index (κ2) is 8.58. The Balaban J connectivity index is 1.93. The summed E-state index contributed by atoms with van der Waals surface area (Å²) in [4.78, 5) is 24.4. The molecule has 0 saturated heterocycles. The number of carbonyl (C=O) groups excluding carboxylic acids is 2. The van der Waals surface area contributed by atoms with Crippen LogP contribution in [0.5, 0.6) is 5.75 Å². The van der Waals surface area contributed by atoms with Crippen molar-refractivity contribution in [1.29, 1.82) is 0 Å². The van der Waals surface area contributed by atoms with Crippen molar-refractivity contribution < 1.29 is 19.1 Å². The van der Waals surface area contributed by atoms with Crippen molar-refractivity contribution in [2.75, 3.05) is 20.3 Å². The molecule has 132 valence electrons. The van der Waals surface area contributed by atoms with E-state index >= 15 is 0 Å². The average molecular weight is 340 g/mol. The summed E-state index contributed by atoms with van der Waals surface area (Å²) in [6.45, 7) is 5.24. The number of carbonyl (C=O) groups is 2. The predicted octanol–water partition coefficient (Wildman–Crippen LogP) is 4.19. The van der Waals surface area contributed by atoms with E-state index in [0.717, 1.165) is 0 Å². The van der Waals surface area contributed by atoms with Gasteiger partial charge in [-0.1, -0.05) is 44.2 Å². The number of hydrogen-bond donors (Lipinski definition) is 0. The zero-order chi connectivity index (χ0) is 18.3. The van der Waals surface area contributed by atoms with Crippen LogP contribution < -0.4 is 4.74 Å². The van der Waals surface area contributed by atoms with E-state index in [1.807, 2.05) is 6.07 Å². The minimum absolute atomic E-state index is 0.0919. The van der Waals surface area contributed by atoms with Crippen LogP contribution in [0.4, 0.5) is 0 Å². The van der Waals surface area contributed by atoms with Crippen LogP contribution in [0.3, 0.4) is 0 Å². The van der Waals surface area contributed by atoms with Crippen molar-refractivity contribution in [3.8, 4) is 5.75 Å². The Bertz CT molecular complexity index is 702. The monoisotopic (exact) mass is 340 g/mol. The Kier molecular flexibility index (Phi) is 6.48. The number of Topliss-reactive ketones (excluding diaryl/α,β-unsaturated/α-hetero) is 2. The molecule has 0 aliphatic carbocycles. The van der Waals surface area contributed by atoms with Crippen molar-refractivity contribution in [2.24, 2.45) is 5.41 Å². The Morgan fingerprint density at radius 3 is 1.96 bits per heavy atom. The summed E-state index contributed by atoms with van der Waals surface area (Å²) in [5.41, 5.74) is 0.967. The largest absolute Gasteiger partial charge is 0.493 e. The van der Waals surface area contributed by atoms with Crippen LogP contribution in [0.2, 0.25) is 0 Å². The quantitative estimate of drug-likeness (QED) is 0.507. The first-order valence-electron chi connectivity index (χ1n) is 8.24. The molecule has 0 aliphatic rings. The molecule has 4 nitrogen and oxygen atoms in total. The number of rotatable bonds is 9. The molecule has 0 fully saturated rings. The fourth-order valence-electron chi connectivity index (χ4n) is 2.42. The third-order valence-corrected chi connectivity index (χ3v) is 3.76. The van der Waals surface area contributed by atoms with Gasteiger partial charge in [0.05, 0.1) is 19.6 Å². The molecule has 4 heteroatoms. The van der Waals surface area contributed by atoms with Crippen molar-refractivity contribution >= 4 is 11.6 Å². The van der Waals surface area contributed by atoms with Crippen LogP contribution in [0, 0.1) is 5.41 Å². The standard InChI is InChI=1S/C21H24O4/c1-21(2,14-24-3)15-25-18-11-9-17(10-12-18)20(23)13-19(22)16-7-5-4-6-8-16/h4-12H,13-15H2,1-3H3. The van der Waals surface area contributed by atoms with E-state index in [4.69, 9.17) is 9.47 Å². The molecule has 2 aromatic carbocycles. The third-order valence-electron chi connectivity index (χ3n) is 3.76. The van der Waals surface area contributed by atoms with Gasteiger partial charge in [0, 0.05) is 23.7 Å². The highest BCUT2D eigenvalue weighted by molar-refractivity contribution is 6.13. The van der Waals surface area contributed by atoms with Crippen LogP contribution in [-0.4, -0.2) is 31.9 Å². The summed E-state index contributed by atoms with van der Waals surface area (Å²) >= 11 is 0. The van der Waals surface area contributed by atoms with Gasteiger partial charge in [0.2, 0.25) is 0 Å². The molecule has 0 heterocycles. The maximum absolute atomic E-state index is 12.3. The van der Waals surface area contributed by atoms with Gasteiger partial charge < -0.3 is 9.47 Å². The minimum atomic E-state index is -0.194. The van der Waals surface area contributed by atoms with Crippen molar-refractivity contribution in [3.05, 3.63) is 65.7 Å². The number of methoxy groups -OCH3 is 1. The van der Waals surface area contributed by atoms with Crippen LogP contribution in [0.15, 0.2) is 54.6 Å². The van der Waals surface area contributed by atoms with Gasteiger partial charge in [-0.05, 0) is 24.3 Å². The van der Waals surface area contributed by atoms with Gasteiger partial charge in [-0.3, -0.25) is 9.59 Å². The average Bonchev–Trinajstić information content (AvgIpc) is 2.61. The molecule has 0 N–H and O–H groups in total. The normalized spacial score (nSPS) is 11.2. The second-order valence-electron chi connectivity index (χ2n) is 6.80. The molecule has 2 rings (SSSR count). The second-order valence-corrected chi connectivity index (χ2v) is 6.80. The molecule has 2 aromatic rings. The molecular formula is C21H24O4. The number of benzene rings is 2. The molecule has 25 heavy (non-hydrogen) atoms. The highest BCUT2D eigenvalue weighted by Gasteiger charge is 2.19. The van der Waals surface area contributed by atoms with Crippen LogP contribution >= 0.6 is 0 Å². The molecule has 0 aromatic heterocycles. The summed E-state index contributed by atoms with van der Waals surface area (Å²) in [5.74, 6) is 0.322. The van der Waals surface area contributed by atoms with Gasteiger partial charge in [-0.25, -0.2) is 0 Å². The number of ketones is 2. The lowest BCUT2D eigenvalue weighted by molar-refractivity contribution is 0.0644. The van der Waals surface area contributed by atoms with Crippen molar-refractivity contribution in [3.63, 3.8) is 0 Å². The Morgan fingerprint density at radius 2 is 1.40 bits per heavy atom. The summed E-state index contributed by atoms with van der Waals surface area (Å²) < 4.78 is 10.9. The van der Waals surface area contributed by atoms with Gasteiger partial charge in [-0.15, -0.1) is 0 Å². The predicted molar refractivity (Wildman–Crippen MR) is 97.3 cm³/mol. The zero-order valence-corrected chi connectivity index (χ0v) is 15.0.